The Labute approximate surface area is 151 Å². The summed E-state index contributed by atoms with van der Waals surface area (Å²) in [6, 6.07) is -0.527. The molecule has 0 aromatic heterocycles. The average Bonchev–Trinajstić information content (AvgIpc) is 2.50. The minimum Gasteiger partial charge on any atom is -0.449 e. The maximum atomic E-state index is 12.4. The van der Waals surface area contributed by atoms with Crippen molar-refractivity contribution in [2.45, 2.75) is 65.1 Å². The molecule has 1 rings (SSSR count). The van der Waals surface area contributed by atoms with Crippen LogP contribution in [-0.4, -0.2) is 60.0 Å². The minimum absolute atomic E-state index is 0.145. The molecule has 0 aromatic carbocycles. The highest BCUT2D eigenvalue weighted by Crippen LogP contribution is 2.20. The highest BCUT2D eigenvalue weighted by molar-refractivity contribution is 7.80. The molecule has 0 saturated carbocycles. The molecule has 140 valence electrons. The zero-order valence-electron chi connectivity index (χ0n) is 15.6. The molecule has 1 aliphatic heterocycles. The van der Waals surface area contributed by atoms with Crippen LogP contribution in [0.2, 0.25) is 0 Å². The molecule has 0 aliphatic carbocycles. The summed E-state index contributed by atoms with van der Waals surface area (Å²) in [5, 5.41) is 5.61. The van der Waals surface area contributed by atoms with Crippen LogP contribution >= 0.6 is 12.6 Å². The topological polar surface area (TPSA) is 70.7 Å². The van der Waals surface area contributed by atoms with E-state index < -0.39 is 12.1 Å². The van der Waals surface area contributed by atoms with Crippen molar-refractivity contribution < 1.29 is 14.3 Å². The summed E-state index contributed by atoms with van der Waals surface area (Å²) >= 11 is 4.17. The van der Waals surface area contributed by atoms with Gasteiger partial charge in [-0.3, -0.25) is 9.69 Å². The number of carbonyl (C=O) groups is 2. The van der Waals surface area contributed by atoms with Gasteiger partial charge in [0, 0.05) is 30.4 Å². The third-order valence-corrected chi connectivity index (χ3v) is 4.49. The van der Waals surface area contributed by atoms with E-state index in [0.29, 0.717) is 6.61 Å². The minimum atomic E-state index is -0.673. The molecule has 1 heterocycles. The van der Waals surface area contributed by atoms with Gasteiger partial charge in [-0.2, -0.15) is 12.6 Å². The number of hydrogen-bond acceptors (Lipinski definition) is 5. The highest BCUT2D eigenvalue weighted by atomic mass is 32.1. The van der Waals surface area contributed by atoms with Crippen LogP contribution in [0.1, 0.15) is 47.5 Å². The lowest BCUT2D eigenvalue weighted by Gasteiger charge is -2.41. The lowest BCUT2D eigenvalue weighted by molar-refractivity contribution is -0.123. The van der Waals surface area contributed by atoms with E-state index in [1.165, 1.54) is 0 Å². The van der Waals surface area contributed by atoms with Gasteiger partial charge >= 0.3 is 6.09 Å². The van der Waals surface area contributed by atoms with Crippen LogP contribution in [0.4, 0.5) is 4.79 Å². The van der Waals surface area contributed by atoms with E-state index in [0.717, 1.165) is 25.9 Å². The Morgan fingerprint density at radius 1 is 1.25 bits per heavy atom. The van der Waals surface area contributed by atoms with E-state index in [4.69, 9.17) is 4.74 Å². The molecule has 7 heteroatoms. The number of rotatable bonds is 6. The summed E-state index contributed by atoms with van der Waals surface area (Å²) in [6.45, 7) is 12.8. The second kappa shape index (κ2) is 9.51. The summed E-state index contributed by atoms with van der Waals surface area (Å²) in [5.74, 6) is 0.302. The van der Waals surface area contributed by atoms with Crippen molar-refractivity contribution in [1.29, 1.82) is 0 Å². The molecule has 24 heavy (non-hydrogen) atoms. The van der Waals surface area contributed by atoms with Crippen molar-refractivity contribution in [3.8, 4) is 0 Å². The third-order valence-electron chi connectivity index (χ3n) is 4.13. The molecule has 0 aromatic rings. The van der Waals surface area contributed by atoms with E-state index in [1.807, 2.05) is 13.8 Å². The van der Waals surface area contributed by atoms with Gasteiger partial charge in [0.05, 0.1) is 6.61 Å². The van der Waals surface area contributed by atoms with Gasteiger partial charge < -0.3 is 15.4 Å². The molecule has 1 saturated heterocycles. The van der Waals surface area contributed by atoms with Crippen LogP contribution in [0.3, 0.4) is 0 Å². The number of nitrogens with zero attached hydrogens (tertiary/aromatic N) is 1. The van der Waals surface area contributed by atoms with Gasteiger partial charge in [0.15, 0.2) is 0 Å². The van der Waals surface area contributed by atoms with Crippen molar-refractivity contribution in [2.24, 2.45) is 5.92 Å². The molecule has 1 aliphatic rings. The predicted molar refractivity (Wildman–Crippen MR) is 99.5 cm³/mol. The summed E-state index contributed by atoms with van der Waals surface area (Å²) in [7, 11) is 0. The van der Waals surface area contributed by atoms with Gasteiger partial charge in [-0.1, -0.05) is 13.8 Å². The second-order valence-corrected chi connectivity index (χ2v) is 8.18. The predicted octanol–water partition coefficient (Wildman–Crippen LogP) is 2.05. The SMILES string of the molecule is CC(C)COC(=O)N[C@@H](CS)C(=O)NC1CCN(C(C)(C)C)CC1. The molecule has 0 spiro atoms. The average molecular weight is 360 g/mol. The van der Waals surface area contributed by atoms with Crippen LogP contribution in [0, 0.1) is 5.92 Å². The Morgan fingerprint density at radius 3 is 2.29 bits per heavy atom. The van der Waals surface area contributed by atoms with Crippen LogP contribution in [0.25, 0.3) is 0 Å². The molecule has 2 N–H and O–H groups in total. The number of carbonyl (C=O) groups excluding carboxylic acids is 2. The Balaban J connectivity index is 2.41. The van der Waals surface area contributed by atoms with Crippen molar-refractivity contribution in [2.75, 3.05) is 25.4 Å². The number of alkyl carbamates (subject to hydrolysis) is 1. The van der Waals surface area contributed by atoms with Gasteiger partial charge in [0.25, 0.3) is 0 Å². The number of likely N-dealkylation sites (tertiary alicyclic amines) is 1. The largest absolute Gasteiger partial charge is 0.449 e. The quantitative estimate of drug-likeness (QED) is 0.635. The van der Waals surface area contributed by atoms with Crippen LogP contribution in [0.5, 0.6) is 0 Å². The Bertz CT molecular complexity index is 416. The molecular formula is C17H33N3O3S. The maximum Gasteiger partial charge on any atom is 0.407 e. The Hall–Kier alpha value is -0.950. The Kier molecular flexibility index (Phi) is 8.36. The molecular weight excluding hydrogens is 326 g/mol. The van der Waals surface area contributed by atoms with E-state index in [9.17, 15) is 9.59 Å². The van der Waals surface area contributed by atoms with Crippen molar-refractivity contribution in [1.82, 2.24) is 15.5 Å². The molecule has 1 fully saturated rings. The number of ether oxygens (including phenoxy) is 1. The number of amides is 2. The molecule has 2 amide bonds. The van der Waals surface area contributed by atoms with Crippen LogP contribution in [0.15, 0.2) is 0 Å². The number of nitrogens with one attached hydrogen (secondary N) is 2. The monoisotopic (exact) mass is 359 g/mol. The first kappa shape index (κ1) is 21.1. The van der Waals surface area contributed by atoms with Crippen molar-refractivity contribution in [3.63, 3.8) is 0 Å². The first-order valence-electron chi connectivity index (χ1n) is 8.73. The van der Waals surface area contributed by atoms with Gasteiger partial charge in [-0.15, -0.1) is 0 Å². The van der Waals surface area contributed by atoms with Gasteiger partial charge in [-0.25, -0.2) is 4.79 Å². The number of hydrogen-bond donors (Lipinski definition) is 3. The van der Waals surface area contributed by atoms with Crippen molar-refractivity contribution in [3.05, 3.63) is 0 Å². The second-order valence-electron chi connectivity index (χ2n) is 7.81. The lowest BCUT2D eigenvalue weighted by Crippen LogP contribution is -2.55. The highest BCUT2D eigenvalue weighted by Gasteiger charge is 2.29. The van der Waals surface area contributed by atoms with Gasteiger partial charge in [0.1, 0.15) is 6.04 Å². The van der Waals surface area contributed by atoms with E-state index >= 15 is 0 Å². The number of piperidine rings is 1. The lowest BCUT2D eigenvalue weighted by atomic mass is 9.98. The normalized spacial score (nSPS) is 18.3. The van der Waals surface area contributed by atoms with E-state index in [1.54, 1.807) is 0 Å². The standard InChI is InChI=1S/C17H33N3O3S/c1-12(2)10-23-16(22)19-14(11-24)15(21)18-13-6-8-20(9-7-13)17(3,4)5/h12-14,24H,6-11H2,1-5H3,(H,18,21)(H,19,22)/t14-/m0/s1. The fourth-order valence-electron chi connectivity index (χ4n) is 2.62. The fourth-order valence-corrected chi connectivity index (χ4v) is 2.87. The van der Waals surface area contributed by atoms with Crippen LogP contribution < -0.4 is 10.6 Å². The zero-order valence-corrected chi connectivity index (χ0v) is 16.5. The summed E-state index contributed by atoms with van der Waals surface area (Å²) in [5.41, 5.74) is 0.157. The smallest absolute Gasteiger partial charge is 0.407 e. The van der Waals surface area contributed by atoms with E-state index in [2.05, 4.69) is 48.9 Å². The summed E-state index contributed by atoms with van der Waals surface area (Å²) in [4.78, 5) is 26.5. The molecule has 0 bridgehead atoms. The zero-order chi connectivity index (χ0) is 18.3. The summed E-state index contributed by atoms with van der Waals surface area (Å²) < 4.78 is 5.06. The Morgan fingerprint density at radius 2 is 1.83 bits per heavy atom. The maximum absolute atomic E-state index is 12.4. The van der Waals surface area contributed by atoms with Crippen LogP contribution in [-0.2, 0) is 9.53 Å². The molecule has 6 nitrogen and oxygen atoms in total. The first-order valence-corrected chi connectivity index (χ1v) is 9.36. The third kappa shape index (κ3) is 7.30. The van der Waals surface area contributed by atoms with E-state index in [-0.39, 0.29) is 29.2 Å². The molecule has 0 radical (unpaired) electrons. The molecule has 1 atom stereocenters. The summed E-state index contributed by atoms with van der Waals surface area (Å²) in [6.07, 6.45) is 1.26. The van der Waals surface area contributed by atoms with Gasteiger partial charge in [0.2, 0.25) is 5.91 Å². The number of thiol groups is 1. The first-order chi connectivity index (χ1) is 11.1. The fraction of sp³-hybridized carbons (Fsp3) is 0.882. The van der Waals surface area contributed by atoms with Crippen molar-refractivity contribution >= 4 is 24.6 Å². The molecule has 0 unspecified atom stereocenters. The van der Waals surface area contributed by atoms with Gasteiger partial charge in [-0.05, 0) is 39.5 Å².